The average Bonchev–Trinajstić information content (AvgIpc) is 3.62. The van der Waals surface area contributed by atoms with Crippen molar-refractivity contribution in [1.82, 2.24) is 10.1 Å². The van der Waals surface area contributed by atoms with E-state index < -0.39 is 19.1 Å². The zero-order chi connectivity index (χ0) is 27.2. The molecule has 1 saturated heterocycles. The van der Waals surface area contributed by atoms with Crippen molar-refractivity contribution in [2.75, 3.05) is 6.61 Å². The molecule has 2 atom stereocenters. The topological polar surface area (TPSA) is 122 Å². The third kappa shape index (κ3) is 6.36. The number of rotatable bonds is 10. The lowest BCUT2D eigenvalue weighted by atomic mass is 9.80. The van der Waals surface area contributed by atoms with E-state index in [1.165, 1.54) is 11.2 Å². The van der Waals surface area contributed by atoms with Gasteiger partial charge in [0.2, 0.25) is 5.91 Å². The van der Waals surface area contributed by atoms with Crippen LogP contribution in [0, 0.1) is 0 Å². The molecule has 1 aliphatic heterocycles. The number of hydrogen-bond acceptors (Lipinski definition) is 8. The number of amides is 2. The Balaban J connectivity index is 1.29. The summed E-state index contributed by atoms with van der Waals surface area (Å²) in [6, 6.07) is 25.1. The van der Waals surface area contributed by atoms with Crippen LogP contribution in [-0.2, 0) is 22.6 Å². The smallest absolute Gasteiger partial charge is 0.488 e. The fraction of sp³-hybridized carbons (Fsp3) is 0.207. The molecule has 0 bridgehead atoms. The Bertz CT molecular complexity index is 1390. The van der Waals surface area contributed by atoms with Gasteiger partial charge >= 0.3 is 13.2 Å². The number of carbonyl (C=O) groups excluding carboxylic acids is 2. The monoisotopic (exact) mass is 526 g/mol. The van der Waals surface area contributed by atoms with Crippen molar-refractivity contribution < 1.29 is 33.6 Å². The van der Waals surface area contributed by atoms with Crippen molar-refractivity contribution in [1.29, 1.82) is 0 Å². The maximum absolute atomic E-state index is 13.4. The van der Waals surface area contributed by atoms with Crippen LogP contribution in [0.25, 0.3) is 0 Å². The van der Waals surface area contributed by atoms with E-state index in [4.69, 9.17) is 14.0 Å². The Morgan fingerprint density at radius 3 is 2.51 bits per heavy atom. The number of hydrogen-bond donors (Lipinski definition) is 2. The van der Waals surface area contributed by atoms with Crippen LogP contribution in [0.3, 0.4) is 0 Å². The van der Waals surface area contributed by atoms with Crippen LogP contribution in [0.4, 0.5) is 4.79 Å². The quantitative estimate of drug-likeness (QED) is 0.303. The summed E-state index contributed by atoms with van der Waals surface area (Å²) in [6.07, 6.45) is 1.33. The van der Waals surface area contributed by atoms with Crippen LogP contribution in [0.1, 0.15) is 34.7 Å². The highest BCUT2D eigenvalue weighted by Gasteiger charge is 2.39. The van der Waals surface area contributed by atoms with Gasteiger partial charge < -0.3 is 24.0 Å². The molecule has 3 aromatic carbocycles. The van der Waals surface area contributed by atoms with Crippen molar-refractivity contribution in [2.45, 2.75) is 31.4 Å². The minimum atomic E-state index is -1.54. The second-order valence-corrected chi connectivity index (χ2v) is 9.34. The molecule has 10 heteroatoms. The molecule has 0 radical (unpaired) electrons. The van der Waals surface area contributed by atoms with E-state index in [0.29, 0.717) is 23.3 Å². The van der Waals surface area contributed by atoms with E-state index >= 15 is 0 Å². The largest absolute Gasteiger partial charge is 0.489 e. The van der Waals surface area contributed by atoms with Gasteiger partial charge in [0.15, 0.2) is 0 Å². The van der Waals surface area contributed by atoms with Gasteiger partial charge in [0, 0.05) is 18.4 Å². The van der Waals surface area contributed by atoms with Gasteiger partial charge in [-0.15, -0.1) is 0 Å². The summed E-state index contributed by atoms with van der Waals surface area (Å²) in [5, 5.41) is 22.8. The zero-order valence-corrected chi connectivity index (χ0v) is 21.1. The second kappa shape index (κ2) is 12.0. The van der Waals surface area contributed by atoms with Crippen molar-refractivity contribution in [3.05, 3.63) is 114 Å². The van der Waals surface area contributed by atoms with Crippen molar-refractivity contribution in [2.24, 2.45) is 0 Å². The molecule has 5 rings (SSSR count). The van der Waals surface area contributed by atoms with Gasteiger partial charge in [-0.05, 0) is 40.7 Å². The SMILES string of the molecule is O=C(CC(c1ccc(OCc2cccc(B(O)O)c2)cc1)c1ccon1)N1C(=O)OCC1Cc1ccccc1. The third-order valence-corrected chi connectivity index (χ3v) is 6.67. The Hall–Kier alpha value is -4.41. The van der Waals surface area contributed by atoms with Crippen molar-refractivity contribution >= 4 is 24.6 Å². The molecule has 2 unspecified atom stereocenters. The van der Waals surface area contributed by atoms with E-state index in [1.54, 1.807) is 36.4 Å². The van der Waals surface area contributed by atoms with Gasteiger partial charge in [-0.1, -0.05) is 71.9 Å². The molecule has 0 saturated carbocycles. The molecule has 2 N–H and O–H groups in total. The lowest BCUT2D eigenvalue weighted by molar-refractivity contribution is -0.129. The maximum Gasteiger partial charge on any atom is 0.488 e. The van der Waals surface area contributed by atoms with E-state index in [0.717, 1.165) is 16.7 Å². The highest BCUT2D eigenvalue weighted by molar-refractivity contribution is 6.58. The minimum Gasteiger partial charge on any atom is -0.489 e. The van der Waals surface area contributed by atoms with Crippen LogP contribution in [0.5, 0.6) is 5.75 Å². The molecular weight excluding hydrogens is 499 g/mol. The van der Waals surface area contributed by atoms with Gasteiger partial charge in [-0.25, -0.2) is 9.69 Å². The van der Waals surface area contributed by atoms with Crippen LogP contribution in [0.2, 0.25) is 0 Å². The molecule has 1 aliphatic rings. The van der Waals surface area contributed by atoms with Crippen LogP contribution in [-0.4, -0.2) is 51.9 Å². The van der Waals surface area contributed by atoms with Crippen molar-refractivity contribution in [3.8, 4) is 5.75 Å². The first kappa shape index (κ1) is 26.2. The lowest BCUT2D eigenvalue weighted by Crippen LogP contribution is -2.40. The number of nitrogens with zero attached hydrogens (tertiary/aromatic N) is 2. The number of benzene rings is 3. The molecule has 0 aliphatic carbocycles. The van der Waals surface area contributed by atoms with Gasteiger partial charge in [0.05, 0.1) is 11.7 Å². The highest BCUT2D eigenvalue weighted by atomic mass is 16.6. The highest BCUT2D eigenvalue weighted by Crippen LogP contribution is 2.31. The summed E-state index contributed by atoms with van der Waals surface area (Å²) in [7, 11) is -1.54. The van der Waals surface area contributed by atoms with Crippen LogP contribution in [0.15, 0.2) is 95.7 Å². The summed E-state index contributed by atoms with van der Waals surface area (Å²) in [4.78, 5) is 27.2. The van der Waals surface area contributed by atoms with Gasteiger partial charge in [-0.3, -0.25) is 4.79 Å². The first-order chi connectivity index (χ1) is 19.0. The first-order valence-corrected chi connectivity index (χ1v) is 12.6. The van der Waals surface area contributed by atoms with E-state index in [9.17, 15) is 19.6 Å². The van der Waals surface area contributed by atoms with Gasteiger partial charge in [0.25, 0.3) is 0 Å². The second-order valence-electron chi connectivity index (χ2n) is 9.34. The standard InChI is InChI=1S/C29H27BN2O7/c33-28(32-24(19-38-29(32)34)16-20-5-2-1-3-6-20)17-26(27-13-14-39-31-27)22-9-11-25(12-10-22)37-18-21-7-4-8-23(15-21)30(35)36/h1-15,24,26,35-36H,16-19H2. The lowest BCUT2D eigenvalue weighted by Gasteiger charge is -2.22. The third-order valence-electron chi connectivity index (χ3n) is 6.67. The Morgan fingerprint density at radius 1 is 1.03 bits per heavy atom. The predicted molar refractivity (Wildman–Crippen MR) is 142 cm³/mol. The molecule has 39 heavy (non-hydrogen) atoms. The van der Waals surface area contributed by atoms with Gasteiger partial charge in [-0.2, -0.15) is 0 Å². The Morgan fingerprint density at radius 2 is 1.79 bits per heavy atom. The van der Waals surface area contributed by atoms with Gasteiger partial charge in [0.1, 0.15) is 25.2 Å². The number of imide groups is 1. The number of carbonyl (C=O) groups is 2. The Labute approximate surface area is 225 Å². The molecule has 2 heterocycles. The summed E-state index contributed by atoms with van der Waals surface area (Å²) >= 11 is 0. The molecular formula is C29H27BN2O7. The molecule has 2 amide bonds. The normalized spacial score (nSPS) is 15.6. The molecule has 1 fully saturated rings. The molecule has 1 aromatic heterocycles. The fourth-order valence-corrected chi connectivity index (χ4v) is 4.68. The van der Waals surface area contributed by atoms with E-state index in [-0.39, 0.29) is 31.6 Å². The molecule has 9 nitrogen and oxygen atoms in total. The summed E-state index contributed by atoms with van der Waals surface area (Å²) in [6.45, 7) is 0.394. The fourth-order valence-electron chi connectivity index (χ4n) is 4.68. The minimum absolute atomic E-state index is 0.00338. The number of cyclic esters (lactones) is 1. The van der Waals surface area contributed by atoms with E-state index in [2.05, 4.69) is 5.16 Å². The number of ether oxygens (including phenoxy) is 2. The summed E-state index contributed by atoms with van der Waals surface area (Å²) in [5.74, 6) is -0.193. The average molecular weight is 526 g/mol. The summed E-state index contributed by atoms with van der Waals surface area (Å²) in [5.41, 5.74) is 3.57. The first-order valence-electron chi connectivity index (χ1n) is 12.6. The molecule has 0 spiro atoms. The van der Waals surface area contributed by atoms with Crippen LogP contribution >= 0.6 is 0 Å². The molecule has 198 valence electrons. The van der Waals surface area contributed by atoms with Crippen molar-refractivity contribution in [3.63, 3.8) is 0 Å². The number of aromatic nitrogens is 1. The Kier molecular flexibility index (Phi) is 8.05. The predicted octanol–water partition coefficient (Wildman–Crippen LogP) is 3.05. The summed E-state index contributed by atoms with van der Waals surface area (Å²) < 4.78 is 16.2. The zero-order valence-electron chi connectivity index (χ0n) is 21.1. The maximum atomic E-state index is 13.4. The van der Waals surface area contributed by atoms with E-state index in [1.807, 2.05) is 48.5 Å². The van der Waals surface area contributed by atoms with Crippen LogP contribution < -0.4 is 10.2 Å². The molecule has 4 aromatic rings.